The molecular weight excluding hydrogens is 218 g/mol. The number of amides is 1. The molecule has 1 heterocycles. The molecule has 2 aromatic rings. The third-order valence-electron chi connectivity index (χ3n) is 2.24. The normalized spacial score (nSPS) is 10.1. The van der Waals surface area contributed by atoms with E-state index in [-0.39, 0.29) is 12.3 Å². The van der Waals surface area contributed by atoms with Gasteiger partial charge in [-0.05, 0) is 12.1 Å². The van der Waals surface area contributed by atoms with Crippen molar-refractivity contribution in [1.82, 2.24) is 10.3 Å². The summed E-state index contributed by atoms with van der Waals surface area (Å²) in [6.07, 6.45) is 0.402. The third kappa shape index (κ3) is 2.82. The van der Waals surface area contributed by atoms with Crippen LogP contribution in [0.3, 0.4) is 0 Å². The van der Waals surface area contributed by atoms with Crippen LogP contribution in [-0.4, -0.2) is 17.4 Å². The summed E-state index contributed by atoms with van der Waals surface area (Å²) in [4.78, 5) is 15.3. The highest BCUT2D eigenvalue weighted by Gasteiger charge is 2.05. The van der Waals surface area contributed by atoms with Crippen molar-refractivity contribution in [2.24, 2.45) is 0 Å². The molecule has 5 heteroatoms. The second-order valence-electron chi connectivity index (χ2n) is 3.51. The summed E-state index contributed by atoms with van der Waals surface area (Å²) in [7, 11) is 0. The lowest BCUT2D eigenvalue weighted by molar-refractivity contribution is -0.120. The van der Waals surface area contributed by atoms with E-state index in [0.29, 0.717) is 18.9 Å². The van der Waals surface area contributed by atoms with Crippen LogP contribution in [0.2, 0.25) is 0 Å². The highest BCUT2D eigenvalue weighted by atomic mass is 16.3. The van der Waals surface area contributed by atoms with Crippen molar-refractivity contribution < 1.29 is 9.21 Å². The molecule has 0 unspecified atom stereocenters. The van der Waals surface area contributed by atoms with E-state index in [0.717, 1.165) is 11.1 Å². The number of para-hydroxylation sites is 2. The van der Waals surface area contributed by atoms with Gasteiger partial charge in [0.1, 0.15) is 11.9 Å². The Labute approximate surface area is 98.1 Å². The Morgan fingerprint density at radius 2 is 2.29 bits per heavy atom. The van der Waals surface area contributed by atoms with Crippen molar-refractivity contribution in [2.45, 2.75) is 12.8 Å². The van der Waals surface area contributed by atoms with Crippen molar-refractivity contribution >= 4 is 17.0 Å². The van der Waals surface area contributed by atoms with E-state index in [1.54, 1.807) is 6.07 Å². The quantitative estimate of drug-likeness (QED) is 0.859. The topological polar surface area (TPSA) is 78.9 Å². The zero-order chi connectivity index (χ0) is 12.1. The van der Waals surface area contributed by atoms with Gasteiger partial charge in [-0.15, -0.1) is 0 Å². The molecule has 0 atom stereocenters. The molecule has 1 aromatic carbocycles. The zero-order valence-corrected chi connectivity index (χ0v) is 9.14. The van der Waals surface area contributed by atoms with Gasteiger partial charge >= 0.3 is 0 Å². The van der Waals surface area contributed by atoms with Gasteiger partial charge in [-0.25, -0.2) is 4.98 Å². The van der Waals surface area contributed by atoms with Crippen molar-refractivity contribution in [1.29, 1.82) is 5.26 Å². The predicted molar refractivity (Wildman–Crippen MR) is 61.0 cm³/mol. The second-order valence-corrected chi connectivity index (χ2v) is 3.51. The molecule has 1 aromatic heterocycles. The number of hydrogen-bond acceptors (Lipinski definition) is 4. The monoisotopic (exact) mass is 229 g/mol. The van der Waals surface area contributed by atoms with E-state index >= 15 is 0 Å². The van der Waals surface area contributed by atoms with Crippen LogP contribution in [-0.2, 0) is 11.2 Å². The maximum Gasteiger partial charge on any atom is 0.234 e. The molecule has 1 N–H and O–H groups in total. The molecule has 0 saturated carbocycles. The van der Waals surface area contributed by atoms with E-state index in [9.17, 15) is 4.79 Å². The van der Waals surface area contributed by atoms with Gasteiger partial charge in [0.15, 0.2) is 11.5 Å². The summed E-state index contributed by atoms with van der Waals surface area (Å²) in [5.74, 6) is 0.312. The van der Waals surface area contributed by atoms with Gasteiger partial charge in [0.05, 0.1) is 6.07 Å². The van der Waals surface area contributed by atoms with Crippen LogP contribution in [0.25, 0.3) is 11.1 Å². The summed E-state index contributed by atoms with van der Waals surface area (Å²) >= 11 is 0. The van der Waals surface area contributed by atoms with Crippen LogP contribution in [0.5, 0.6) is 0 Å². The standard InChI is InChI=1S/C12H11N3O2/c13-7-5-11(16)14-8-6-12-15-9-3-1-2-4-10(9)17-12/h1-4H,5-6,8H2,(H,14,16). The Kier molecular flexibility index (Phi) is 3.36. The first-order valence-corrected chi connectivity index (χ1v) is 5.27. The SMILES string of the molecule is N#CCC(=O)NCCc1nc2ccccc2o1. The Bertz CT molecular complexity index is 535. The fraction of sp³-hybridized carbons (Fsp3) is 0.250. The number of hydrogen-bond donors (Lipinski definition) is 1. The molecule has 0 radical (unpaired) electrons. The first-order valence-electron chi connectivity index (χ1n) is 5.27. The number of aromatic nitrogens is 1. The van der Waals surface area contributed by atoms with Crippen LogP contribution < -0.4 is 5.32 Å². The average molecular weight is 229 g/mol. The van der Waals surface area contributed by atoms with E-state index < -0.39 is 0 Å². The first-order chi connectivity index (χ1) is 8.29. The molecule has 2 rings (SSSR count). The van der Waals surface area contributed by atoms with E-state index in [4.69, 9.17) is 9.68 Å². The van der Waals surface area contributed by atoms with Gasteiger partial charge < -0.3 is 9.73 Å². The molecule has 0 aliphatic carbocycles. The number of benzene rings is 1. The largest absolute Gasteiger partial charge is 0.441 e. The molecule has 86 valence electrons. The van der Waals surface area contributed by atoms with Gasteiger partial charge in [-0.3, -0.25) is 4.79 Å². The molecule has 0 aliphatic heterocycles. The molecule has 0 fully saturated rings. The fourth-order valence-electron chi connectivity index (χ4n) is 1.47. The van der Waals surface area contributed by atoms with Gasteiger partial charge in [-0.2, -0.15) is 5.26 Å². The number of nitrogens with one attached hydrogen (secondary N) is 1. The van der Waals surface area contributed by atoms with Crippen molar-refractivity contribution in [3.63, 3.8) is 0 Å². The molecule has 17 heavy (non-hydrogen) atoms. The second kappa shape index (κ2) is 5.12. The summed E-state index contributed by atoms with van der Waals surface area (Å²) < 4.78 is 5.48. The molecule has 0 spiro atoms. The van der Waals surface area contributed by atoms with Gasteiger partial charge in [0.25, 0.3) is 0 Å². The number of nitrogens with zero attached hydrogens (tertiary/aromatic N) is 2. The summed E-state index contributed by atoms with van der Waals surface area (Å²) in [5.41, 5.74) is 1.55. The molecule has 0 aliphatic rings. The first kappa shape index (κ1) is 11.1. The number of nitriles is 1. The van der Waals surface area contributed by atoms with Crippen LogP contribution in [0.1, 0.15) is 12.3 Å². The highest BCUT2D eigenvalue weighted by molar-refractivity contribution is 5.77. The van der Waals surface area contributed by atoms with Crippen LogP contribution in [0.15, 0.2) is 28.7 Å². The van der Waals surface area contributed by atoms with Crippen LogP contribution >= 0.6 is 0 Å². The summed E-state index contributed by atoms with van der Waals surface area (Å²) in [6, 6.07) is 9.28. The Balaban J connectivity index is 1.91. The maximum absolute atomic E-state index is 11.0. The minimum absolute atomic E-state index is 0.118. The molecule has 5 nitrogen and oxygen atoms in total. The van der Waals surface area contributed by atoms with Gasteiger partial charge in [0, 0.05) is 13.0 Å². The molecule has 1 amide bonds. The van der Waals surface area contributed by atoms with E-state index in [1.165, 1.54) is 0 Å². The maximum atomic E-state index is 11.0. The van der Waals surface area contributed by atoms with Crippen LogP contribution in [0.4, 0.5) is 0 Å². The molecule has 0 bridgehead atoms. The Morgan fingerprint density at radius 1 is 1.47 bits per heavy atom. The zero-order valence-electron chi connectivity index (χ0n) is 9.14. The highest BCUT2D eigenvalue weighted by Crippen LogP contribution is 2.14. The molecular formula is C12H11N3O2. The Hall–Kier alpha value is -2.35. The lowest BCUT2D eigenvalue weighted by atomic mass is 10.3. The lowest BCUT2D eigenvalue weighted by Crippen LogP contribution is -2.24. The minimum atomic E-state index is -0.274. The van der Waals surface area contributed by atoms with Crippen LogP contribution in [0, 0.1) is 11.3 Å². The lowest BCUT2D eigenvalue weighted by Gasteiger charge is -1.98. The van der Waals surface area contributed by atoms with Crippen molar-refractivity contribution in [3.8, 4) is 6.07 Å². The number of carbonyl (C=O) groups excluding carboxylic acids is 1. The fourth-order valence-corrected chi connectivity index (χ4v) is 1.47. The summed E-state index contributed by atoms with van der Waals surface area (Å²) in [6.45, 7) is 0.424. The average Bonchev–Trinajstić information content (AvgIpc) is 2.71. The summed E-state index contributed by atoms with van der Waals surface area (Å²) in [5, 5.41) is 10.9. The van der Waals surface area contributed by atoms with Crippen molar-refractivity contribution in [2.75, 3.05) is 6.54 Å². The predicted octanol–water partition coefficient (Wildman–Crippen LogP) is 1.40. The Morgan fingerprint density at radius 3 is 3.06 bits per heavy atom. The van der Waals surface area contributed by atoms with Crippen molar-refractivity contribution in [3.05, 3.63) is 30.2 Å². The third-order valence-corrected chi connectivity index (χ3v) is 2.24. The molecule has 0 saturated heterocycles. The number of rotatable bonds is 4. The minimum Gasteiger partial charge on any atom is -0.441 e. The van der Waals surface area contributed by atoms with Gasteiger partial charge in [0.2, 0.25) is 5.91 Å². The number of carbonyl (C=O) groups is 1. The van der Waals surface area contributed by atoms with E-state index in [1.807, 2.05) is 24.3 Å². The number of oxazole rings is 1. The smallest absolute Gasteiger partial charge is 0.234 e. The van der Waals surface area contributed by atoms with Gasteiger partial charge in [-0.1, -0.05) is 12.1 Å². The van der Waals surface area contributed by atoms with E-state index in [2.05, 4.69) is 10.3 Å². The number of fused-ring (bicyclic) bond motifs is 1.